The van der Waals surface area contributed by atoms with Crippen LogP contribution in [0.5, 0.6) is 0 Å². The van der Waals surface area contributed by atoms with E-state index in [2.05, 4.69) is 4.72 Å². The third-order valence-electron chi connectivity index (χ3n) is 4.83. The lowest BCUT2D eigenvalue weighted by atomic mass is 9.84. The predicted octanol–water partition coefficient (Wildman–Crippen LogP) is 1.87. The maximum absolute atomic E-state index is 12.2. The van der Waals surface area contributed by atoms with Gasteiger partial charge in [0.15, 0.2) is 0 Å². The second-order valence-electron chi connectivity index (χ2n) is 6.13. The largest absolute Gasteiger partial charge is 0.446 e. The molecule has 0 saturated heterocycles. The van der Waals surface area contributed by atoms with Crippen LogP contribution in [0, 0.1) is 17.8 Å². The molecule has 2 saturated carbocycles. The van der Waals surface area contributed by atoms with Crippen molar-refractivity contribution in [2.75, 3.05) is 0 Å². The highest BCUT2D eigenvalue weighted by molar-refractivity contribution is 7.89. The van der Waals surface area contributed by atoms with Crippen LogP contribution in [0.25, 0.3) is 0 Å². The minimum absolute atomic E-state index is 0.0713. The van der Waals surface area contributed by atoms with Gasteiger partial charge in [0.2, 0.25) is 5.09 Å². The van der Waals surface area contributed by atoms with Crippen molar-refractivity contribution in [3.8, 4) is 0 Å². The lowest BCUT2D eigenvalue weighted by Gasteiger charge is -2.27. The van der Waals surface area contributed by atoms with Crippen LogP contribution in [-0.2, 0) is 16.6 Å². The molecule has 1 aromatic heterocycles. The number of fused-ring (bicyclic) bond motifs is 2. The van der Waals surface area contributed by atoms with Gasteiger partial charge in [-0.1, -0.05) is 6.42 Å². The van der Waals surface area contributed by atoms with Crippen LogP contribution in [0.15, 0.2) is 21.6 Å². The van der Waals surface area contributed by atoms with E-state index in [9.17, 15) is 8.42 Å². The van der Waals surface area contributed by atoms with Crippen LogP contribution in [0.2, 0.25) is 0 Å². The summed E-state index contributed by atoms with van der Waals surface area (Å²) in [4.78, 5) is 0. The van der Waals surface area contributed by atoms with Gasteiger partial charge in [-0.15, -0.1) is 0 Å². The molecule has 2 bridgehead atoms. The number of nitrogens with one attached hydrogen (secondary N) is 1. The summed E-state index contributed by atoms with van der Waals surface area (Å²) < 4.78 is 32.4. The Kier molecular flexibility index (Phi) is 3.64. The normalized spacial score (nSPS) is 30.8. The molecule has 0 amide bonds. The van der Waals surface area contributed by atoms with Crippen LogP contribution >= 0.6 is 0 Å². The molecule has 112 valence electrons. The summed E-state index contributed by atoms with van der Waals surface area (Å²) in [6.45, 7) is 1.65. The summed E-state index contributed by atoms with van der Waals surface area (Å²) in [5.41, 5.74) is 0. The lowest BCUT2D eigenvalue weighted by molar-refractivity contribution is 0.235. The Labute approximate surface area is 119 Å². The number of rotatable bonds is 5. The van der Waals surface area contributed by atoms with E-state index in [0.29, 0.717) is 11.8 Å². The highest BCUT2D eigenvalue weighted by Gasteiger charge is 2.42. The van der Waals surface area contributed by atoms with E-state index in [4.69, 9.17) is 9.52 Å². The Balaban J connectivity index is 1.69. The molecule has 3 rings (SSSR count). The molecule has 1 heterocycles. The Hall–Kier alpha value is -0.850. The number of sulfonamides is 1. The smallest absolute Gasteiger partial charge is 0.274 e. The maximum Gasteiger partial charge on any atom is 0.274 e. The Bertz CT molecular complexity index is 580. The minimum Gasteiger partial charge on any atom is -0.446 e. The molecular weight excluding hydrogens is 278 g/mol. The van der Waals surface area contributed by atoms with E-state index >= 15 is 0 Å². The SMILES string of the molecule is CC(NS(=O)(=O)c1ccc(CO)o1)C1CC2CCC1C2. The third kappa shape index (κ3) is 2.52. The van der Waals surface area contributed by atoms with Crippen molar-refractivity contribution in [1.82, 2.24) is 4.72 Å². The van der Waals surface area contributed by atoms with E-state index in [1.54, 1.807) is 0 Å². The van der Waals surface area contributed by atoms with Gasteiger partial charge in [-0.05, 0) is 56.1 Å². The van der Waals surface area contributed by atoms with Crippen LogP contribution < -0.4 is 4.72 Å². The summed E-state index contributed by atoms with van der Waals surface area (Å²) in [7, 11) is -3.63. The zero-order valence-electron chi connectivity index (χ0n) is 11.6. The highest BCUT2D eigenvalue weighted by atomic mass is 32.2. The summed E-state index contributed by atoms with van der Waals surface area (Å²) in [5, 5.41) is 8.82. The molecule has 20 heavy (non-hydrogen) atoms. The Morgan fingerprint density at radius 3 is 2.75 bits per heavy atom. The zero-order chi connectivity index (χ0) is 14.3. The first-order valence-corrected chi connectivity index (χ1v) is 8.70. The molecule has 0 aliphatic heterocycles. The van der Waals surface area contributed by atoms with Crippen molar-refractivity contribution < 1.29 is 17.9 Å². The highest BCUT2D eigenvalue weighted by Crippen LogP contribution is 2.49. The second kappa shape index (κ2) is 5.16. The molecule has 0 radical (unpaired) electrons. The molecule has 4 atom stereocenters. The molecule has 0 spiro atoms. The van der Waals surface area contributed by atoms with E-state index in [-0.39, 0.29) is 23.5 Å². The number of furan rings is 1. The molecule has 2 N–H and O–H groups in total. The molecule has 4 unspecified atom stereocenters. The van der Waals surface area contributed by atoms with Crippen molar-refractivity contribution in [2.24, 2.45) is 17.8 Å². The van der Waals surface area contributed by atoms with Gasteiger partial charge < -0.3 is 9.52 Å². The van der Waals surface area contributed by atoms with E-state index in [0.717, 1.165) is 12.3 Å². The zero-order valence-corrected chi connectivity index (χ0v) is 12.4. The van der Waals surface area contributed by atoms with E-state index in [1.165, 1.54) is 31.4 Å². The van der Waals surface area contributed by atoms with Gasteiger partial charge in [0.25, 0.3) is 10.0 Å². The molecular formula is C14H21NO4S. The fraction of sp³-hybridized carbons (Fsp3) is 0.714. The first-order chi connectivity index (χ1) is 9.49. The van der Waals surface area contributed by atoms with Crippen molar-refractivity contribution in [3.05, 3.63) is 17.9 Å². The standard InChI is InChI=1S/C14H21NO4S/c1-9(13-7-10-2-3-11(13)6-10)15-20(17,18)14-5-4-12(8-16)19-14/h4-5,9-11,13,15-16H,2-3,6-8H2,1H3. The Morgan fingerprint density at radius 2 is 2.20 bits per heavy atom. The molecule has 1 aromatic rings. The predicted molar refractivity (Wildman–Crippen MR) is 73.4 cm³/mol. The van der Waals surface area contributed by atoms with Gasteiger partial charge >= 0.3 is 0 Å². The van der Waals surface area contributed by atoms with Gasteiger partial charge in [-0.25, -0.2) is 13.1 Å². The van der Waals surface area contributed by atoms with Gasteiger partial charge in [-0.3, -0.25) is 0 Å². The van der Waals surface area contributed by atoms with Crippen LogP contribution in [0.3, 0.4) is 0 Å². The summed E-state index contributed by atoms with van der Waals surface area (Å²) >= 11 is 0. The lowest BCUT2D eigenvalue weighted by Crippen LogP contribution is -2.39. The van der Waals surface area contributed by atoms with Crippen molar-refractivity contribution in [3.63, 3.8) is 0 Å². The first kappa shape index (κ1) is 14.1. The van der Waals surface area contributed by atoms with E-state index in [1.807, 2.05) is 6.92 Å². The molecule has 6 heteroatoms. The van der Waals surface area contributed by atoms with Crippen molar-refractivity contribution in [2.45, 2.75) is 50.3 Å². The van der Waals surface area contributed by atoms with Crippen molar-refractivity contribution >= 4 is 10.0 Å². The van der Waals surface area contributed by atoms with Crippen LogP contribution in [0.4, 0.5) is 0 Å². The summed E-state index contributed by atoms with van der Waals surface area (Å²) in [5.74, 6) is 2.16. The molecule has 2 aliphatic rings. The number of aliphatic hydroxyl groups excluding tert-OH is 1. The third-order valence-corrected chi connectivity index (χ3v) is 6.26. The number of hydrogen-bond acceptors (Lipinski definition) is 4. The van der Waals surface area contributed by atoms with E-state index < -0.39 is 10.0 Å². The van der Waals surface area contributed by atoms with Gasteiger partial charge in [0, 0.05) is 6.04 Å². The molecule has 0 aromatic carbocycles. The van der Waals surface area contributed by atoms with Crippen molar-refractivity contribution in [1.29, 1.82) is 0 Å². The summed E-state index contributed by atoms with van der Waals surface area (Å²) in [6, 6.07) is 2.80. The van der Waals surface area contributed by atoms with Gasteiger partial charge in [-0.2, -0.15) is 0 Å². The quantitative estimate of drug-likeness (QED) is 0.870. The topological polar surface area (TPSA) is 79.5 Å². The Morgan fingerprint density at radius 1 is 1.40 bits per heavy atom. The molecule has 5 nitrogen and oxygen atoms in total. The summed E-state index contributed by atoms with van der Waals surface area (Å²) in [6.07, 6.45) is 4.93. The minimum atomic E-state index is -3.63. The second-order valence-corrected chi connectivity index (χ2v) is 7.77. The molecule has 2 fully saturated rings. The van der Waals surface area contributed by atoms with Gasteiger partial charge in [0.1, 0.15) is 12.4 Å². The average molecular weight is 299 g/mol. The fourth-order valence-electron chi connectivity index (χ4n) is 3.88. The maximum atomic E-state index is 12.2. The first-order valence-electron chi connectivity index (χ1n) is 7.21. The fourth-order valence-corrected chi connectivity index (χ4v) is 5.13. The van der Waals surface area contributed by atoms with Gasteiger partial charge in [0.05, 0.1) is 0 Å². The van der Waals surface area contributed by atoms with Crippen LogP contribution in [0.1, 0.15) is 38.4 Å². The monoisotopic (exact) mass is 299 g/mol. The van der Waals surface area contributed by atoms with Crippen LogP contribution in [-0.4, -0.2) is 19.6 Å². The average Bonchev–Trinajstić information content (AvgIpc) is 3.13. The molecule has 2 aliphatic carbocycles. The number of aliphatic hydroxyl groups is 1. The number of hydrogen-bond donors (Lipinski definition) is 2.